The number of ether oxygens (including phenoxy) is 1. The molecule has 1 fully saturated rings. The third-order valence-electron chi connectivity index (χ3n) is 5.95. The number of hydrogen-bond donors (Lipinski definition) is 0. The summed E-state index contributed by atoms with van der Waals surface area (Å²) in [6.07, 6.45) is 0. The molecule has 2 aromatic heterocycles. The number of carbonyl (C=O) groups is 1. The molecule has 11 heteroatoms. The van der Waals surface area contributed by atoms with Gasteiger partial charge in [-0.2, -0.15) is 0 Å². The van der Waals surface area contributed by atoms with E-state index in [0.717, 1.165) is 46.2 Å². The molecule has 0 saturated carbocycles. The molecule has 36 heavy (non-hydrogen) atoms. The fourth-order valence-corrected chi connectivity index (χ4v) is 6.12. The number of carbonyl (C=O) groups excluding carboxylic acids is 1. The second-order valence-corrected chi connectivity index (χ2v) is 10.5. The number of halogens is 1. The molecular formula is C25H25ClN6O2S2. The number of thioether (sulfide) groups is 1. The van der Waals surface area contributed by atoms with Crippen molar-refractivity contribution in [1.29, 1.82) is 0 Å². The number of aryl methyl sites for hydroxylation is 1. The van der Waals surface area contributed by atoms with Gasteiger partial charge in [0, 0.05) is 36.6 Å². The molecule has 1 aliphatic heterocycles. The van der Waals surface area contributed by atoms with E-state index in [4.69, 9.17) is 16.3 Å². The number of methoxy groups -OCH3 is 1. The first kappa shape index (κ1) is 24.6. The Morgan fingerprint density at radius 1 is 1.11 bits per heavy atom. The molecule has 0 spiro atoms. The first-order chi connectivity index (χ1) is 17.5. The van der Waals surface area contributed by atoms with Gasteiger partial charge in [0.2, 0.25) is 0 Å². The molecule has 1 amide bonds. The molecule has 8 nitrogen and oxygen atoms in total. The highest BCUT2D eigenvalue weighted by Crippen LogP contribution is 2.30. The van der Waals surface area contributed by atoms with Crippen LogP contribution < -0.4 is 9.64 Å². The number of piperazine rings is 1. The van der Waals surface area contributed by atoms with Crippen LogP contribution in [0, 0.1) is 6.92 Å². The summed E-state index contributed by atoms with van der Waals surface area (Å²) in [5.41, 5.74) is 2.46. The monoisotopic (exact) mass is 540 g/mol. The lowest BCUT2D eigenvalue weighted by Crippen LogP contribution is -2.49. The van der Waals surface area contributed by atoms with Gasteiger partial charge in [-0.3, -0.25) is 9.36 Å². The zero-order valence-electron chi connectivity index (χ0n) is 19.9. The Morgan fingerprint density at radius 2 is 1.92 bits per heavy atom. The van der Waals surface area contributed by atoms with E-state index < -0.39 is 0 Å². The Labute approximate surface area is 222 Å². The van der Waals surface area contributed by atoms with Crippen molar-refractivity contribution in [3.05, 3.63) is 75.5 Å². The minimum atomic E-state index is -0.0277. The van der Waals surface area contributed by atoms with Crippen LogP contribution in [0.1, 0.15) is 21.3 Å². The summed E-state index contributed by atoms with van der Waals surface area (Å²) in [5, 5.41) is 12.7. The topological polar surface area (TPSA) is 76.4 Å². The van der Waals surface area contributed by atoms with Crippen LogP contribution in [0.2, 0.25) is 5.02 Å². The highest BCUT2D eigenvalue weighted by Gasteiger charge is 2.25. The quantitative estimate of drug-likeness (QED) is 0.307. The highest BCUT2D eigenvalue weighted by atomic mass is 35.5. The van der Waals surface area contributed by atoms with Crippen molar-refractivity contribution < 1.29 is 9.53 Å². The summed E-state index contributed by atoms with van der Waals surface area (Å²) < 4.78 is 7.46. The minimum Gasteiger partial charge on any atom is -0.495 e. The SMILES string of the molecule is COc1ccccc1N1CCN(C(=O)c2csc(CSc3nnc(C)n3-c3cccc(Cl)c3)n2)CC1. The molecule has 0 N–H and O–H groups in total. The lowest BCUT2D eigenvalue weighted by atomic mass is 10.2. The van der Waals surface area contributed by atoms with Crippen LogP contribution in [0.15, 0.2) is 59.1 Å². The van der Waals surface area contributed by atoms with Crippen LogP contribution in [-0.4, -0.2) is 63.8 Å². The number of amides is 1. The van der Waals surface area contributed by atoms with Crippen molar-refractivity contribution in [2.24, 2.45) is 0 Å². The van der Waals surface area contributed by atoms with Gasteiger partial charge in [-0.05, 0) is 37.3 Å². The van der Waals surface area contributed by atoms with Crippen LogP contribution in [0.25, 0.3) is 5.69 Å². The molecule has 186 valence electrons. The number of aromatic nitrogens is 4. The van der Waals surface area contributed by atoms with Gasteiger partial charge in [0.15, 0.2) is 5.16 Å². The molecule has 0 aliphatic carbocycles. The van der Waals surface area contributed by atoms with Crippen molar-refractivity contribution in [2.75, 3.05) is 38.2 Å². The minimum absolute atomic E-state index is 0.0277. The molecule has 4 aromatic rings. The maximum absolute atomic E-state index is 13.1. The summed E-state index contributed by atoms with van der Waals surface area (Å²) in [6.45, 7) is 4.68. The van der Waals surface area contributed by atoms with E-state index in [-0.39, 0.29) is 5.91 Å². The molecule has 0 unspecified atom stereocenters. The van der Waals surface area contributed by atoms with Crippen LogP contribution in [0.4, 0.5) is 5.69 Å². The second-order valence-electron chi connectivity index (χ2n) is 8.21. The maximum atomic E-state index is 13.1. The van der Waals surface area contributed by atoms with Crippen LogP contribution in [0.5, 0.6) is 5.75 Å². The average molecular weight is 541 g/mol. The predicted molar refractivity (Wildman–Crippen MR) is 144 cm³/mol. The molecule has 0 bridgehead atoms. The molecule has 3 heterocycles. The van der Waals surface area contributed by atoms with Gasteiger partial charge >= 0.3 is 0 Å². The zero-order valence-corrected chi connectivity index (χ0v) is 22.3. The maximum Gasteiger partial charge on any atom is 0.273 e. The Kier molecular flexibility index (Phi) is 7.45. The van der Waals surface area contributed by atoms with Crippen molar-refractivity contribution in [3.63, 3.8) is 0 Å². The molecule has 1 aliphatic rings. The summed E-state index contributed by atoms with van der Waals surface area (Å²) >= 11 is 9.20. The smallest absolute Gasteiger partial charge is 0.273 e. The molecule has 0 atom stereocenters. The molecule has 5 rings (SSSR count). The van der Waals surface area contributed by atoms with Gasteiger partial charge in [0.25, 0.3) is 5.91 Å². The van der Waals surface area contributed by atoms with E-state index in [2.05, 4.69) is 26.1 Å². The number of rotatable bonds is 7. The second kappa shape index (κ2) is 10.9. The van der Waals surface area contributed by atoms with E-state index in [9.17, 15) is 4.79 Å². The van der Waals surface area contributed by atoms with Crippen molar-refractivity contribution in [1.82, 2.24) is 24.6 Å². The number of anilines is 1. The molecular weight excluding hydrogens is 516 g/mol. The highest BCUT2D eigenvalue weighted by molar-refractivity contribution is 7.98. The van der Waals surface area contributed by atoms with Crippen LogP contribution in [-0.2, 0) is 5.75 Å². The number of benzene rings is 2. The molecule has 1 saturated heterocycles. The summed E-state index contributed by atoms with van der Waals surface area (Å²) in [5.74, 6) is 2.19. The largest absolute Gasteiger partial charge is 0.495 e. The summed E-state index contributed by atoms with van der Waals surface area (Å²) in [4.78, 5) is 21.9. The Balaban J connectivity index is 1.20. The third-order valence-corrected chi connectivity index (χ3v) is 8.16. The van der Waals surface area contributed by atoms with E-state index in [0.29, 0.717) is 29.6 Å². The van der Waals surface area contributed by atoms with Crippen molar-refractivity contribution in [2.45, 2.75) is 17.8 Å². The van der Waals surface area contributed by atoms with E-state index in [1.54, 1.807) is 7.11 Å². The lowest BCUT2D eigenvalue weighted by molar-refractivity contribution is 0.0741. The van der Waals surface area contributed by atoms with Gasteiger partial charge in [0.05, 0.1) is 24.2 Å². The van der Waals surface area contributed by atoms with Gasteiger partial charge in [-0.25, -0.2) is 4.98 Å². The number of para-hydroxylation sites is 2. The van der Waals surface area contributed by atoms with Crippen molar-refractivity contribution >= 4 is 46.3 Å². The summed E-state index contributed by atoms with van der Waals surface area (Å²) in [7, 11) is 1.68. The fourth-order valence-electron chi connectivity index (χ4n) is 4.15. The Morgan fingerprint density at radius 3 is 2.69 bits per heavy atom. The average Bonchev–Trinajstić information content (AvgIpc) is 3.53. The Bertz CT molecular complexity index is 1370. The predicted octanol–water partition coefficient (Wildman–Crippen LogP) is 4.95. The van der Waals surface area contributed by atoms with Crippen LogP contribution >= 0.6 is 34.7 Å². The van der Waals surface area contributed by atoms with Gasteiger partial charge in [0.1, 0.15) is 22.3 Å². The van der Waals surface area contributed by atoms with Gasteiger partial charge in [-0.15, -0.1) is 21.5 Å². The Hall–Kier alpha value is -3.08. The third kappa shape index (κ3) is 5.21. The number of thiazole rings is 1. The first-order valence-electron chi connectivity index (χ1n) is 11.5. The molecule has 0 radical (unpaired) electrons. The van der Waals surface area contributed by atoms with E-state index >= 15 is 0 Å². The number of nitrogens with zero attached hydrogens (tertiary/aromatic N) is 6. The first-order valence-corrected chi connectivity index (χ1v) is 13.7. The normalized spacial score (nSPS) is 13.8. The lowest BCUT2D eigenvalue weighted by Gasteiger charge is -2.36. The molecule has 2 aromatic carbocycles. The van der Waals surface area contributed by atoms with E-state index in [1.807, 2.05) is 64.2 Å². The van der Waals surface area contributed by atoms with Crippen molar-refractivity contribution in [3.8, 4) is 11.4 Å². The van der Waals surface area contributed by atoms with Gasteiger partial charge < -0.3 is 14.5 Å². The number of hydrogen-bond acceptors (Lipinski definition) is 8. The zero-order chi connectivity index (χ0) is 25.1. The van der Waals surface area contributed by atoms with E-state index in [1.165, 1.54) is 23.1 Å². The summed E-state index contributed by atoms with van der Waals surface area (Å²) in [6, 6.07) is 15.6. The standard InChI is InChI=1S/C25H25ClN6O2S2/c1-17-28-29-25(32(17)19-7-5-6-18(26)14-19)36-16-23-27-20(15-35-23)24(33)31-12-10-30(11-13-31)21-8-3-4-9-22(21)34-2/h3-9,14-15H,10-13,16H2,1-2H3. The van der Waals surface area contributed by atoms with Crippen LogP contribution in [0.3, 0.4) is 0 Å². The fraction of sp³-hybridized carbons (Fsp3) is 0.280. The van der Waals surface area contributed by atoms with Gasteiger partial charge in [-0.1, -0.05) is 41.6 Å².